The van der Waals surface area contributed by atoms with Crippen molar-refractivity contribution in [2.45, 2.75) is 52.2 Å². The highest BCUT2D eigenvalue weighted by Gasteiger charge is 2.34. The van der Waals surface area contributed by atoms with Gasteiger partial charge in [0.25, 0.3) is 5.89 Å². The van der Waals surface area contributed by atoms with E-state index in [-0.39, 0.29) is 12.1 Å². The third-order valence-corrected chi connectivity index (χ3v) is 7.12. The van der Waals surface area contributed by atoms with Gasteiger partial charge in [0.05, 0.1) is 24.0 Å². The number of benzene rings is 2. The standard InChI is InChI=1S/C25H28N4O4S/c1-5-13-29(34(4,30)31)22-11-10-19-20(22)7-6-8-21(19)24-27-25(33-28-24)17-9-12-23(32-16(2)3)18(14-17)15-26/h6-9,12,14,16,22H,5,10-11,13H2,1-4H3/t22-/m1/s1. The largest absolute Gasteiger partial charge is 0.490 e. The Hall–Kier alpha value is -3.22. The molecular formula is C25H28N4O4S. The van der Waals surface area contributed by atoms with Crippen LogP contribution in [0.3, 0.4) is 0 Å². The molecule has 2 aromatic carbocycles. The number of nitrogens with zero attached hydrogens (tertiary/aromatic N) is 4. The highest BCUT2D eigenvalue weighted by molar-refractivity contribution is 7.88. The minimum absolute atomic E-state index is 0.0482. The molecule has 0 saturated heterocycles. The summed E-state index contributed by atoms with van der Waals surface area (Å²) in [6.45, 7) is 6.26. The van der Waals surface area contributed by atoms with Crippen molar-refractivity contribution < 1.29 is 17.7 Å². The van der Waals surface area contributed by atoms with Crippen molar-refractivity contribution in [3.8, 4) is 34.7 Å². The maximum Gasteiger partial charge on any atom is 0.258 e. The van der Waals surface area contributed by atoms with Crippen molar-refractivity contribution in [1.29, 1.82) is 5.26 Å². The zero-order valence-corrected chi connectivity index (χ0v) is 20.6. The van der Waals surface area contributed by atoms with Crippen LogP contribution in [-0.2, 0) is 16.4 Å². The molecule has 1 atom stereocenters. The van der Waals surface area contributed by atoms with Gasteiger partial charge in [-0.25, -0.2) is 8.42 Å². The monoisotopic (exact) mass is 480 g/mol. The number of fused-ring (bicyclic) bond motifs is 1. The second-order valence-corrected chi connectivity index (χ2v) is 10.6. The van der Waals surface area contributed by atoms with Gasteiger partial charge in [0, 0.05) is 17.7 Å². The molecule has 0 spiro atoms. The van der Waals surface area contributed by atoms with Gasteiger partial charge in [-0.05, 0) is 62.4 Å². The summed E-state index contributed by atoms with van der Waals surface area (Å²) in [6, 6.07) is 13.0. The predicted octanol–water partition coefficient (Wildman–Crippen LogP) is 4.72. The summed E-state index contributed by atoms with van der Waals surface area (Å²) in [5.74, 6) is 1.25. The molecule has 178 valence electrons. The van der Waals surface area contributed by atoms with E-state index in [1.807, 2.05) is 39.0 Å². The highest BCUT2D eigenvalue weighted by Crippen LogP contribution is 2.41. The Morgan fingerprint density at radius 2 is 2.09 bits per heavy atom. The van der Waals surface area contributed by atoms with Crippen molar-refractivity contribution in [3.63, 3.8) is 0 Å². The summed E-state index contributed by atoms with van der Waals surface area (Å²) >= 11 is 0. The van der Waals surface area contributed by atoms with Gasteiger partial charge in [0.1, 0.15) is 11.8 Å². The third kappa shape index (κ3) is 4.69. The molecule has 0 N–H and O–H groups in total. The van der Waals surface area contributed by atoms with E-state index in [2.05, 4.69) is 16.2 Å². The Bertz CT molecular complexity index is 1340. The van der Waals surface area contributed by atoms with E-state index in [1.165, 1.54) is 6.26 Å². The molecule has 1 heterocycles. The van der Waals surface area contributed by atoms with Crippen molar-refractivity contribution in [1.82, 2.24) is 14.4 Å². The molecule has 4 rings (SSSR count). The minimum atomic E-state index is -3.33. The average Bonchev–Trinajstić information content (AvgIpc) is 3.44. The fourth-order valence-corrected chi connectivity index (χ4v) is 5.67. The molecule has 0 radical (unpaired) electrons. The SMILES string of the molecule is CCCN([C@@H]1CCc2c(-c3noc(-c4ccc(OC(C)C)c(C#N)c4)n3)cccc21)S(C)(=O)=O. The lowest BCUT2D eigenvalue weighted by Gasteiger charge is -2.27. The van der Waals surface area contributed by atoms with Crippen molar-refractivity contribution in [2.75, 3.05) is 12.8 Å². The second kappa shape index (κ2) is 9.57. The van der Waals surface area contributed by atoms with E-state index in [1.54, 1.807) is 22.5 Å². The van der Waals surface area contributed by atoms with Crippen molar-refractivity contribution >= 4 is 10.0 Å². The fourth-order valence-electron chi connectivity index (χ4n) is 4.47. The Morgan fingerprint density at radius 1 is 1.29 bits per heavy atom. The van der Waals surface area contributed by atoms with Crippen LogP contribution in [0.2, 0.25) is 0 Å². The number of rotatable bonds is 8. The van der Waals surface area contributed by atoms with E-state index in [4.69, 9.17) is 9.26 Å². The molecule has 0 saturated carbocycles. The van der Waals surface area contributed by atoms with Crippen molar-refractivity contribution in [3.05, 3.63) is 53.1 Å². The molecule has 0 amide bonds. The smallest absolute Gasteiger partial charge is 0.258 e. The van der Waals surface area contributed by atoms with Gasteiger partial charge in [0.2, 0.25) is 15.8 Å². The molecular weight excluding hydrogens is 452 g/mol. The van der Waals surface area contributed by atoms with Crippen LogP contribution in [0.1, 0.15) is 56.3 Å². The van der Waals surface area contributed by atoms with E-state index in [9.17, 15) is 13.7 Å². The minimum Gasteiger partial charge on any atom is -0.490 e. The van der Waals surface area contributed by atoms with Crippen LogP contribution in [0.4, 0.5) is 0 Å². The molecule has 1 aliphatic carbocycles. The second-order valence-electron chi connectivity index (χ2n) is 8.71. The van der Waals surface area contributed by atoms with E-state index in [0.29, 0.717) is 41.6 Å². The number of hydrogen-bond donors (Lipinski definition) is 0. The zero-order valence-electron chi connectivity index (χ0n) is 19.8. The average molecular weight is 481 g/mol. The molecule has 0 unspecified atom stereocenters. The lowest BCUT2D eigenvalue weighted by molar-refractivity contribution is 0.241. The maximum atomic E-state index is 12.4. The number of ether oxygens (including phenoxy) is 1. The summed E-state index contributed by atoms with van der Waals surface area (Å²) in [5.41, 5.74) is 3.89. The van der Waals surface area contributed by atoms with E-state index < -0.39 is 10.0 Å². The number of sulfonamides is 1. The molecule has 8 nitrogen and oxygen atoms in total. The van der Waals surface area contributed by atoms with Gasteiger partial charge in [-0.15, -0.1) is 0 Å². The van der Waals surface area contributed by atoms with Gasteiger partial charge in [0.15, 0.2) is 0 Å². The normalized spacial score (nSPS) is 15.5. The molecule has 9 heteroatoms. The summed E-state index contributed by atoms with van der Waals surface area (Å²) in [5, 5.41) is 13.7. The Kier molecular flexibility index (Phi) is 6.73. The number of nitriles is 1. The highest BCUT2D eigenvalue weighted by atomic mass is 32.2. The van der Waals surface area contributed by atoms with Gasteiger partial charge in [-0.2, -0.15) is 14.6 Å². The van der Waals surface area contributed by atoms with Crippen LogP contribution < -0.4 is 4.74 Å². The topological polar surface area (TPSA) is 109 Å². The summed E-state index contributed by atoms with van der Waals surface area (Å²) in [7, 11) is -3.33. The number of aromatic nitrogens is 2. The molecule has 0 fully saturated rings. The molecule has 1 aliphatic rings. The maximum absolute atomic E-state index is 12.4. The molecule has 0 bridgehead atoms. The molecule has 34 heavy (non-hydrogen) atoms. The van der Waals surface area contributed by atoms with Crippen LogP contribution in [-0.4, -0.2) is 41.8 Å². The summed E-state index contributed by atoms with van der Waals surface area (Å²) in [4.78, 5) is 4.59. The van der Waals surface area contributed by atoms with Crippen molar-refractivity contribution in [2.24, 2.45) is 0 Å². The lowest BCUT2D eigenvalue weighted by atomic mass is 10.0. The lowest BCUT2D eigenvalue weighted by Crippen LogP contribution is -2.33. The first-order valence-electron chi connectivity index (χ1n) is 11.4. The van der Waals surface area contributed by atoms with Crippen LogP contribution in [0.25, 0.3) is 22.8 Å². The first kappa shape index (κ1) is 23.9. The quantitative estimate of drug-likeness (QED) is 0.459. The van der Waals surface area contributed by atoms with Crippen LogP contribution >= 0.6 is 0 Å². The zero-order chi connectivity index (χ0) is 24.5. The van der Waals surface area contributed by atoms with Crippen LogP contribution in [0.15, 0.2) is 40.9 Å². The molecule has 0 aliphatic heterocycles. The van der Waals surface area contributed by atoms with E-state index in [0.717, 1.165) is 29.5 Å². The Labute approximate surface area is 200 Å². The Balaban J connectivity index is 1.68. The van der Waals surface area contributed by atoms with Gasteiger partial charge < -0.3 is 9.26 Å². The van der Waals surface area contributed by atoms with Crippen LogP contribution in [0.5, 0.6) is 5.75 Å². The van der Waals surface area contributed by atoms with Gasteiger partial charge >= 0.3 is 0 Å². The van der Waals surface area contributed by atoms with Gasteiger partial charge in [-0.3, -0.25) is 0 Å². The van der Waals surface area contributed by atoms with E-state index >= 15 is 0 Å². The first-order chi connectivity index (χ1) is 16.2. The summed E-state index contributed by atoms with van der Waals surface area (Å²) < 4.78 is 37.7. The predicted molar refractivity (Wildman–Crippen MR) is 129 cm³/mol. The third-order valence-electron chi connectivity index (χ3n) is 5.83. The molecule has 3 aromatic rings. The Morgan fingerprint density at radius 3 is 2.76 bits per heavy atom. The summed E-state index contributed by atoms with van der Waals surface area (Å²) in [6.07, 6.45) is 3.41. The van der Waals surface area contributed by atoms with Gasteiger partial charge in [-0.1, -0.05) is 30.3 Å². The first-order valence-corrected chi connectivity index (χ1v) is 13.2. The van der Waals surface area contributed by atoms with Crippen LogP contribution in [0, 0.1) is 11.3 Å². The number of hydrogen-bond acceptors (Lipinski definition) is 7. The fraction of sp³-hybridized carbons (Fsp3) is 0.400. The molecule has 1 aromatic heterocycles.